The second-order valence-corrected chi connectivity index (χ2v) is 8.18. The van der Waals surface area contributed by atoms with Crippen LogP contribution in [0.4, 0.5) is 0 Å². The Morgan fingerprint density at radius 3 is 2.47 bits per heavy atom. The molecule has 0 bridgehead atoms. The Bertz CT molecular complexity index is 1100. The topological polar surface area (TPSA) is 68.0 Å². The van der Waals surface area contributed by atoms with Crippen LogP contribution < -0.4 is 9.47 Å². The zero-order valence-electron chi connectivity index (χ0n) is 17.5. The average molecular weight is 407 g/mol. The summed E-state index contributed by atoms with van der Waals surface area (Å²) in [5, 5.41) is 0. The summed E-state index contributed by atoms with van der Waals surface area (Å²) in [4.78, 5) is 22.1. The first-order valence-electron chi connectivity index (χ1n) is 10.2. The summed E-state index contributed by atoms with van der Waals surface area (Å²) in [6, 6.07) is 11.0. The first kappa shape index (κ1) is 18.9. The van der Waals surface area contributed by atoms with Crippen LogP contribution in [0.1, 0.15) is 23.2 Å². The molecule has 0 radical (unpaired) electrons. The van der Waals surface area contributed by atoms with Crippen molar-refractivity contribution in [1.29, 1.82) is 0 Å². The lowest BCUT2D eigenvalue weighted by Crippen LogP contribution is -2.54. The molecule has 2 aliphatic rings. The minimum atomic E-state index is 0.0591. The Labute approximate surface area is 175 Å². The number of methoxy groups -OCH3 is 2. The lowest BCUT2D eigenvalue weighted by atomic mass is 10.1. The molecular formula is C23H25N3O4. The number of oxazole rings is 1. The lowest BCUT2D eigenvalue weighted by Gasteiger charge is -2.40. The molecule has 156 valence electrons. The average Bonchev–Trinajstić information content (AvgIpc) is 3.42. The molecule has 1 amide bonds. The van der Waals surface area contributed by atoms with E-state index >= 15 is 0 Å². The highest BCUT2D eigenvalue weighted by Gasteiger charge is 2.50. The number of aromatic nitrogens is 1. The van der Waals surface area contributed by atoms with E-state index in [4.69, 9.17) is 13.9 Å². The van der Waals surface area contributed by atoms with Crippen molar-refractivity contribution in [2.45, 2.75) is 18.4 Å². The SMILES string of the molecule is COc1cc(OC)cc(-c2nc3cc(C(=O)N4CCN(C)C5(CC5)C4)ccc3o2)c1. The zero-order chi connectivity index (χ0) is 20.9. The predicted octanol–water partition coefficient (Wildman–Crippen LogP) is 3.43. The van der Waals surface area contributed by atoms with Gasteiger partial charge in [0.05, 0.1) is 14.2 Å². The zero-order valence-corrected chi connectivity index (χ0v) is 17.5. The number of fused-ring (bicyclic) bond motifs is 1. The van der Waals surface area contributed by atoms with Crippen molar-refractivity contribution in [2.75, 3.05) is 40.9 Å². The third-order valence-electron chi connectivity index (χ3n) is 6.35. The van der Waals surface area contributed by atoms with Gasteiger partial charge >= 0.3 is 0 Å². The van der Waals surface area contributed by atoms with E-state index in [2.05, 4.69) is 16.9 Å². The number of hydrogen-bond donors (Lipinski definition) is 0. The van der Waals surface area contributed by atoms with Gasteiger partial charge in [-0.25, -0.2) is 4.98 Å². The van der Waals surface area contributed by atoms with Crippen LogP contribution in [0.3, 0.4) is 0 Å². The molecular weight excluding hydrogens is 382 g/mol. The van der Waals surface area contributed by atoms with Crippen LogP contribution in [0.25, 0.3) is 22.6 Å². The number of nitrogens with zero attached hydrogens (tertiary/aromatic N) is 3. The molecule has 5 rings (SSSR count). The molecule has 30 heavy (non-hydrogen) atoms. The van der Waals surface area contributed by atoms with Crippen molar-refractivity contribution >= 4 is 17.0 Å². The first-order chi connectivity index (χ1) is 14.5. The molecule has 1 aliphatic carbocycles. The van der Waals surface area contributed by atoms with Crippen LogP contribution >= 0.6 is 0 Å². The molecule has 7 nitrogen and oxygen atoms in total. The molecule has 1 saturated heterocycles. The number of hydrogen-bond acceptors (Lipinski definition) is 6. The molecule has 2 heterocycles. The van der Waals surface area contributed by atoms with E-state index in [-0.39, 0.29) is 11.4 Å². The van der Waals surface area contributed by atoms with Gasteiger partial charge in [0.15, 0.2) is 5.58 Å². The van der Waals surface area contributed by atoms with Crippen LogP contribution in [0, 0.1) is 0 Å². The van der Waals surface area contributed by atoms with E-state index in [1.54, 1.807) is 20.3 Å². The number of carbonyl (C=O) groups excluding carboxylic acids is 1. The predicted molar refractivity (Wildman–Crippen MR) is 113 cm³/mol. The van der Waals surface area contributed by atoms with Crippen LogP contribution in [-0.4, -0.2) is 67.1 Å². The molecule has 1 aliphatic heterocycles. The highest BCUT2D eigenvalue weighted by Crippen LogP contribution is 2.43. The van der Waals surface area contributed by atoms with Crippen molar-refractivity contribution in [3.05, 3.63) is 42.0 Å². The molecule has 0 unspecified atom stereocenters. The highest BCUT2D eigenvalue weighted by atomic mass is 16.5. The summed E-state index contributed by atoms with van der Waals surface area (Å²) in [5.74, 6) is 1.84. The molecule has 7 heteroatoms. The summed E-state index contributed by atoms with van der Waals surface area (Å²) in [5.41, 5.74) is 2.90. The Morgan fingerprint density at radius 2 is 1.80 bits per heavy atom. The monoisotopic (exact) mass is 407 g/mol. The number of likely N-dealkylation sites (N-methyl/N-ethyl adjacent to an activating group) is 1. The number of benzene rings is 2. The van der Waals surface area contributed by atoms with E-state index in [1.807, 2.05) is 35.2 Å². The van der Waals surface area contributed by atoms with Gasteiger partial charge in [-0.2, -0.15) is 0 Å². The molecule has 1 aromatic heterocycles. The standard InChI is InChI=1S/C23H25N3O4/c1-25-8-9-26(14-23(25)6-7-23)22(27)15-4-5-20-19(12-15)24-21(30-20)16-10-17(28-2)13-18(11-16)29-3/h4-5,10-13H,6-9,14H2,1-3H3. The molecule has 2 aromatic carbocycles. The maximum absolute atomic E-state index is 13.1. The lowest BCUT2D eigenvalue weighted by molar-refractivity contribution is 0.0497. The van der Waals surface area contributed by atoms with E-state index in [0.717, 1.165) is 25.2 Å². The van der Waals surface area contributed by atoms with Crippen LogP contribution in [0.5, 0.6) is 11.5 Å². The number of ether oxygens (including phenoxy) is 2. The third-order valence-corrected chi connectivity index (χ3v) is 6.35. The molecule has 0 N–H and O–H groups in total. The van der Waals surface area contributed by atoms with E-state index in [9.17, 15) is 4.79 Å². The van der Waals surface area contributed by atoms with Gasteiger partial charge in [-0.15, -0.1) is 0 Å². The van der Waals surface area contributed by atoms with Gasteiger partial charge in [0.2, 0.25) is 5.89 Å². The highest BCUT2D eigenvalue weighted by molar-refractivity contribution is 5.97. The van der Waals surface area contributed by atoms with E-state index < -0.39 is 0 Å². The normalized spacial score (nSPS) is 18.0. The molecule has 3 aromatic rings. The first-order valence-corrected chi connectivity index (χ1v) is 10.2. The fraction of sp³-hybridized carbons (Fsp3) is 0.391. The minimum Gasteiger partial charge on any atom is -0.497 e. The van der Waals surface area contributed by atoms with Gasteiger partial charge in [-0.3, -0.25) is 9.69 Å². The summed E-state index contributed by atoms with van der Waals surface area (Å²) >= 11 is 0. The van der Waals surface area contributed by atoms with Gasteiger partial charge in [-0.05, 0) is 50.2 Å². The number of amides is 1. The number of piperazine rings is 1. The Hall–Kier alpha value is -3.06. The second-order valence-electron chi connectivity index (χ2n) is 8.18. The van der Waals surface area contributed by atoms with Crippen LogP contribution in [0.15, 0.2) is 40.8 Å². The summed E-state index contributed by atoms with van der Waals surface area (Å²) < 4.78 is 16.6. The summed E-state index contributed by atoms with van der Waals surface area (Å²) in [6.45, 7) is 2.47. The molecule has 0 atom stereocenters. The summed E-state index contributed by atoms with van der Waals surface area (Å²) in [7, 11) is 5.37. The van der Waals surface area contributed by atoms with Crippen molar-refractivity contribution in [2.24, 2.45) is 0 Å². The largest absolute Gasteiger partial charge is 0.497 e. The third kappa shape index (κ3) is 3.19. The quantitative estimate of drug-likeness (QED) is 0.660. The minimum absolute atomic E-state index is 0.0591. The molecule has 2 fully saturated rings. The van der Waals surface area contributed by atoms with Crippen molar-refractivity contribution in [3.8, 4) is 23.0 Å². The molecule has 1 spiro atoms. The Kier molecular flexibility index (Phi) is 4.43. The van der Waals surface area contributed by atoms with E-state index in [1.165, 1.54) is 12.8 Å². The van der Waals surface area contributed by atoms with Gasteiger partial charge in [-0.1, -0.05) is 0 Å². The summed E-state index contributed by atoms with van der Waals surface area (Å²) in [6.07, 6.45) is 2.34. The maximum atomic E-state index is 13.1. The smallest absolute Gasteiger partial charge is 0.254 e. The second kappa shape index (κ2) is 7.02. The van der Waals surface area contributed by atoms with Crippen molar-refractivity contribution in [1.82, 2.24) is 14.8 Å². The number of carbonyl (C=O) groups is 1. The van der Waals surface area contributed by atoms with Crippen LogP contribution in [0.2, 0.25) is 0 Å². The van der Waals surface area contributed by atoms with Gasteiger partial charge in [0.25, 0.3) is 5.91 Å². The molecule has 1 saturated carbocycles. The fourth-order valence-corrected chi connectivity index (χ4v) is 4.22. The van der Waals surface area contributed by atoms with Crippen molar-refractivity contribution < 1.29 is 18.7 Å². The number of rotatable bonds is 4. The fourth-order valence-electron chi connectivity index (χ4n) is 4.22. The van der Waals surface area contributed by atoms with Crippen molar-refractivity contribution in [3.63, 3.8) is 0 Å². The van der Waals surface area contributed by atoms with Gasteiger partial charge < -0.3 is 18.8 Å². The van der Waals surface area contributed by atoms with Gasteiger partial charge in [0.1, 0.15) is 17.0 Å². The van der Waals surface area contributed by atoms with Crippen LogP contribution in [-0.2, 0) is 0 Å². The van der Waals surface area contributed by atoms with E-state index in [0.29, 0.717) is 34.1 Å². The van der Waals surface area contributed by atoms with Gasteiger partial charge in [0, 0.05) is 42.4 Å². The Morgan fingerprint density at radius 1 is 1.07 bits per heavy atom. The Balaban J connectivity index is 1.44. The maximum Gasteiger partial charge on any atom is 0.254 e.